The summed E-state index contributed by atoms with van der Waals surface area (Å²) < 4.78 is 15.2. The van der Waals surface area contributed by atoms with E-state index in [1.54, 1.807) is 6.07 Å². The van der Waals surface area contributed by atoms with Crippen LogP contribution in [0.4, 0.5) is 4.39 Å². The molecule has 7 heteroatoms. The second-order valence-corrected chi connectivity index (χ2v) is 4.96. The Bertz CT molecular complexity index is 835. The number of nitrogens with zero attached hydrogens (tertiary/aromatic N) is 3. The molecule has 0 unspecified atom stereocenters. The molecule has 3 rings (SSSR count). The molecule has 0 fully saturated rings. The second-order valence-electron chi connectivity index (χ2n) is 4.96. The molecule has 21 heavy (non-hydrogen) atoms. The molecule has 0 aliphatic carbocycles. The van der Waals surface area contributed by atoms with Crippen LogP contribution in [-0.2, 0) is 0 Å². The maximum atomic E-state index is 13.4. The SMILES string of the molecule is CC(C)n1c(-c2nc[nH]c2C(=O)O)nc2cc(F)ccc21. The summed E-state index contributed by atoms with van der Waals surface area (Å²) in [5.41, 5.74) is 1.42. The summed E-state index contributed by atoms with van der Waals surface area (Å²) in [7, 11) is 0. The zero-order chi connectivity index (χ0) is 15.1. The first-order valence-corrected chi connectivity index (χ1v) is 6.43. The van der Waals surface area contributed by atoms with Crippen molar-refractivity contribution in [3.05, 3.63) is 36.0 Å². The molecule has 0 saturated carbocycles. The van der Waals surface area contributed by atoms with Gasteiger partial charge in [-0.25, -0.2) is 19.2 Å². The third-order valence-corrected chi connectivity index (χ3v) is 3.23. The van der Waals surface area contributed by atoms with Crippen molar-refractivity contribution in [2.24, 2.45) is 0 Å². The molecule has 2 heterocycles. The van der Waals surface area contributed by atoms with Crippen LogP contribution in [0.2, 0.25) is 0 Å². The zero-order valence-electron chi connectivity index (χ0n) is 11.5. The molecule has 0 radical (unpaired) electrons. The molecular formula is C14H13FN4O2. The predicted molar refractivity (Wildman–Crippen MR) is 74.6 cm³/mol. The Kier molecular flexibility index (Phi) is 2.97. The summed E-state index contributed by atoms with van der Waals surface area (Å²) in [6, 6.07) is 4.34. The Labute approximate surface area is 119 Å². The van der Waals surface area contributed by atoms with Crippen LogP contribution in [0.5, 0.6) is 0 Å². The Morgan fingerprint density at radius 2 is 2.19 bits per heavy atom. The van der Waals surface area contributed by atoms with Crippen LogP contribution in [-0.4, -0.2) is 30.6 Å². The Morgan fingerprint density at radius 3 is 2.86 bits per heavy atom. The number of carbonyl (C=O) groups is 1. The van der Waals surface area contributed by atoms with E-state index in [0.717, 1.165) is 5.52 Å². The van der Waals surface area contributed by atoms with Gasteiger partial charge in [0.15, 0.2) is 11.5 Å². The lowest BCUT2D eigenvalue weighted by molar-refractivity contribution is 0.0692. The standard InChI is InChI=1S/C14H13FN4O2/c1-7(2)19-10-4-3-8(15)5-9(10)18-13(19)11-12(14(20)21)17-6-16-11/h3-7H,1-2H3,(H,16,17)(H,20,21). The average molecular weight is 288 g/mol. The van der Waals surface area contributed by atoms with E-state index in [2.05, 4.69) is 15.0 Å². The van der Waals surface area contributed by atoms with Gasteiger partial charge >= 0.3 is 5.97 Å². The van der Waals surface area contributed by atoms with Crippen LogP contribution in [0.1, 0.15) is 30.4 Å². The van der Waals surface area contributed by atoms with E-state index >= 15 is 0 Å². The van der Waals surface area contributed by atoms with Gasteiger partial charge in [-0.15, -0.1) is 0 Å². The van der Waals surface area contributed by atoms with Crippen molar-refractivity contribution in [3.8, 4) is 11.5 Å². The summed E-state index contributed by atoms with van der Waals surface area (Å²) in [6.07, 6.45) is 1.31. The lowest BCUT2D eigenvalue weighted by Crippen LogP contribution is -2.06. The lowest BCUT2D eigenvalue weighted by atomic mass is 10.2. The van der Waals surface area contributed by atoms with Crippen molar-refractivity contribution in [3.63, 3.8) is 0 Å². The van der Waals surface area contributed by atoms with E-state index in [1.807, 2.05) is 18.4 Å². The van der Waals surface area contributed by atoms with E-state index in [9.17, 15) is 14.3 Å². The Hall–Kier alpha value is -2.70. The first-order valence-electron chi connectivity index (χ1n) is 6.43. The molecule has 6 nitrogen and oxygen atoms in total. The molecule has 0 amide bonds. The number of nitrogens with one attached hydrogen (secondary N) is 1. The largest absolute Gasteiger partial charge is 0.477 e. The normalized spacial score (nSPS) is 11.4. The van der Waals surface area contributed by atoms with Gasteiger partial charge in [0, 0.05) is 12.1 Å². The van der Waals surface area contributed by atoms with Gasteiger partial charge in [0.05, 0.1) is 17.4 Å². The van der Waals surface area contributed by atoms with Crippen molar-refractivity contribution >= 4 is 17.0 Å². The summed E-state index contributed by atoms with van der Waals surface area (Å²) in [6.45, 7) is 3.89. The van der Waals surface area contributed by atoms with Crippen molar-refractivity contribution < 1.29 is 14.3 Å². The highest BCUT2D eigenvalue weighted by molar-refractivity contribution is 5.93. The molecule has 108 valence electrons. The van der Waals surface area contributed by atoms with Crippen molar-refractivity contribution in [2.45, 2.75) is 19.9 Å². The smallest absolute Gasteiger partial charge is 0.354 e. The Balaban J connectivity index is 2.33. The molecule has 3 aromatic rings. The van der Waals surface area contributed by atoms with Crippen molar-refractivity contribution in [2.75, 3.05) is 0 Å². The fourth-order valence-electron chi connectivity index (χ4n) is 2.39. The monoisotopic (exact) mass is 288 g/mol. The summed E-state index contributed by atoms with van der Waals surface area (Å²) >= 11 is 0. The number of halogens is 1. The molecule has 0 atom stereocenters. The summed E-state index contributed by atoms with van der Waals surface area (Å²) in [5, 5.41) is 9.20. The van der Waals surface area contributed by atoms with Gasteiger partial charge in [-0.1, -0.05) is 0 Å². The van der Waals surface area contributed by atoms with Crippen molar-refractivity contribution in [1.82, 2.24) is 19.5 Å². The number of hydrogen-bond donors (Lipinski definition) is 2. The van der Waals surface area contributed by atoms with Gasteiger partial charge in [-0.3, -0.25) is 0 Å². The van der Waals surface area contributed by atoms with Crippen LogP contribution in [0.25, 0.3) is 22.6 Å². The minimum atomic E-state index is -1.11. The number of imidazole rings is 2. The van der Waals surface area contributed by atoms with E-state index in [4.69, 9.17) is 0 Å². The number of carboxylic acid groups (broad SMARTS) is 1. The third kappa shape index (κ3) is 2.06. The molecule has 2 aromatic heterocycles. The highest BCUT2D eigenvalue weighted by Crippen LogP contribution is 2.29. The third-order valence-electron chi connectivity index (χ3n) is 3.23. The number of rotatable bonds is 3. The average Bonchev–Trinajstić information content (AvgIpc) is 3.01. The van der Waals surface area contributed by atoms with Crippen molar-refractivity contribution in [1.29, 1.82) is 0 Å². The van der Waals surface area contributed by atoms with E-state index in [0.29, 0.717) is 11.3 Å². The van der Waals surface area contributed by atoms with Crippen LogP contribution >= 0.6 is 0 Å². The molecule has 0 spiro atoms. The number of hydrogen-bond acceptors (Lipinski definition) is 3. The van der Waals surface area contributed by atoms with E-state index in [-0.39, 0.29) is 23.2 Å². The van der Waals surface area contributed by atoms with Crippen LogP contribution in [0.3, 0.4) is 0 Å². The van der Waals surface area contributed by atoms with E-state index < -0.39 is 5.97 Å². The first kappa shape index (κ1) is 13.3. The number of fused-ring (bicyclic) bond motifs is 1. The fraction of sp³-hybridized carbons (Fsp3) is 0.214. The van der Waals surface area contributed by atoms with Gasteiger partial charge in [-0.05, 0) is 26.0 Å². The fourth-order valence-corrected chi connectivity index (χ4v) is 2.39. The lowest BCUT2D eigenvalue weighted by Gasteiger charge is -2.12. The number of aromatic carboxylic acids is 1. The molecule has 0 saturated heterocycles. The van der Waals surface area contributed by atoms with Crippen LogP contribution in [0, 0.1) is 5.82 Å². The minimum absolute atomic E-state index is 0.0220. The molecule has 0 bridgehead atoms. The van der Waals surface area contributed by atoms with Gasteiger partial charge in [0.1, 0.15) is 11.5 Å². The number of aromatic nitrogens is 4. The van der Waals surface area contributed by atoms with Gasteiger partial charge in [0.25, 0.3) is 0 Å². The zero-order valence-corrected chi connectivity index (χ0v) is 11.5. The summed E-state index contributed by atoms with van der Waals surface area (Å²) in [5.74, 6) is -1.09. The number of carboxylic acids is 1. The van der Waals surface area contributed by atoms with Gasteiger partial charge < -0.3 is 14.7 Å². The molecule has 2 N–H and O–H groups in total. The molecule has 1 aromatic carbocycles. The number of benzene rings is 1. The quantitative estimate of drug-likeness (QED) is 0.776. The Morgan fingerprint density at radius 1 is 1.43 bits per heavy atom. The number of aromatic amines is 1. The second kappa shape index (κ2) is 4.69. The minimum Gasteiger partial charge on any atom is -0.477 e. The topological polar surface area (TPSA) is 83.8 Å². The first-order chi connectivity index (χ1) is 9.99. The highest BCUT2D eigenvalue weighted by atomic mass is 19.1. The number of H-pyrrole nitrogens is 1. The maximum absolute atomic E-state index is 13.4. The summed E-state index contributed by atoms with van der Waals surface area (Å²) in [4.78, 5) is 22.2. The van der Waals surface area contributed by atoms with Crippen LogP contribution < -0.4 is 0 Å². The van der Waals surface area contributed by atoms with Gasteiger partial charge in [-0.2, -0.15) is 0 Å². The molecule has 0 aliphatic rings. The van der Waals surface area contributed by atoms with E-state index in [1.165, 1.54) is 18.5 Å². The molecular weight excluding hydrogens is 275 g/mol. The van der Waals surface area contributed by atoms with Gasteiger partial charge in [0.2, 0.25) is 0 Å². The molecule has 0 aliphatic heterocycles. The highest BCUT2D eigenvalue weighted by Gasteiger charge is 2.22. The predicted octanol–water partition coefficient (Wildman–Crippen LogP) is 2.84. The van der Waals surface area contributed by atoms with Crippen LogP contribution in [0.15, 0.2) is 24.5 Å². The maximum Gasteiger partial charge on any atom is 0.354 e.